The van der Waals surface area contributed by atoms with Crippen molar-refractivity contribution in [2.45, 2.75) is 64.4 Å². The van der Waals surface area contributed by atoms with Gasteiger partial charge in [-0.1, -0.05) is 0 Å². The van der Waals surface area contributed by atoms with E-state index in [1.165, 1.54) is 16.9 Å². The number of hydrogen-bond donors (Lipinski definition) is 2. The van der Waals surface area contributed by atoms with Crippen LogP contribution in [0.2, 0.25) is 0 Å². The van der Waals surface area contributed by atoms with Crippen LogP contribution in [0.15, 0.2) is 30.6 Å². The summed E-state index contributed by atoms with van der Waals surface area (Å²) in [6.45, 7) is 5.71. The number of ether oxygens (including phenoxy) is 1. The zero-order valence-corrected chi connectivity index (χ0v) is 30.3. The van der Waals surface area contributed by atoms with Gasteiger partial charge in [-0.05, 0) is 0 Å². The number of nitrogen functional groups attached to an aromatic ring is 1. The van der Waals surface area contributed by atoms with Crippen LogP contribution < -0.4 is 14.6 Å². The molecule has 1 saturated carbocycles. The SMILES string of the molecule is C=I1(C(=O)OC(C)(C)C)CCC2(CC(n3nc(-c4cnn(Cc5cc[c]([Tl])c(C(F)(F)F)c5)c4)c(C(N)=O)c3N)C2)C1. The summed E-state index contributed by atoms with van der Waals surface area (Å²) >= 11 is -2.94. The molecule has 2 aromatic heterocycles. The monoisotopic (exact) mass is 890 g/mol. The van der Waals surface area contributed by atoms with Gasteiger partial charge in [0.05, 0.1) is 0 Å². The van der Waals surface area contributed by atoms with Gasteiger partial charge in [0.1, 0.15) is 0 Å². The van der Waals surface area contributed by atoms with E-state index in [-0.39, 0.29) is 64.8 Å². The number of halogens is 4. The Morgan fingerprint density at radius 1 is 1.26 bits per heavy atom. The molecule has 9 nitrogen and oxygen atoms in total. The molecule has 0 bridgehead atoms. The van der Waals surface area contributed by atoms with E-state index in [1.807, 2.05) is 20.8 Å². The third kappa shape index (κ3) is 6.04. The molecule has 2 fully saturated rings. The van der Waals surface area contributed by atoms with Crippen molar-refractivity contribution in [2.75, 3.05) is 14.6 Å². The number of alkyl halides is 5. The molecule has 1 aliphatic carbocycles. The Balaban J connectivity index is 1.34. The molecule has 5 rings (SSSR count). The summed E-state index contributed by atoms with van der Waals surface area (Å²) in [6, 6.07) is 4.26. The van der Waals surface area contributed by atoms with Crippen LogP contribution >= 0.6 is 18.0 Å². The van der Waals surface area contributed by atoms with Crippen LogP contribution in [0.5, 0.6) is 0 Å². The number of carbonyl (C=O) groups is 2. The minimum atomic E-state index is -4.41. The topological polar surface area (TPSA) is 131 Å². The van der Waals surface area contributed by atoms with Gasteiger partial charge in [0.2, 0.25) is 0 Å². The molecule has 1 aromatic carbocycles. The van der Waals surface area contributed by atoms with Gasteiger partial charge < -0.3 is 0 Å². The molecule has 14 heteroatoms. The van der Waals surface area contributed by atoms with Gasteiger partial charge in [-0.25, -0.2) is 0 Å². The van der Waals surface area contributed by atoms with Crippen LogP contribution in [0.1, 0.15) is 67.6 Å². The molecule has 1 amide bonds. The third-order valence-corrected chi connectivity index (χ3v) is 17.5. The van der Waals surface area contributed by atoms with E-state index in [1.54, 1.807) is 16.9 Å². The van der Waals surface area contributed by atoms with Crippen LogP contribution in [0.4, 0.5) is 23.8 Å². The molecule has 4 N–H and O–H groups in total. The summed E-state index contributed by atoms with van der Waals surface area (Å²) < 4.78 is 55.3. The molecule has 1 saturated heterocycles. The first kappa shape index (κ1) is 31.1. The summed E-state index contributed by atoms with van der Waals surface area (Å²) in [4.78, 5) is 25.4. The summed E-state index contributed by atoms with van der Waals surface area (Å²) in [5.74, 6) is -0.568. The Kier molecular flexibility index (Phi) is 7.93. The normalized spacial score (nSPS) is 25.6. The fourth-order valence-electron chi connectivity index (χ4n) is 5.82. The zero-order chi connectivity index (χ0) is 30.8. The molecule has 3 heterocycles. The number of amides is 1. The number of hydrogen-bond acceptors (Lipinski definition) is 6. The molecule has 3 aromatic rings. The van der Waals surface area contributed by atoms with E-state index in [2.05, 4.69) is 14.7 Å². The van der Waals surface area contributed by atoms with Crippen LogP contribution in [0, 0.1) is 5.41 Å². The number of aromatic nitrogens is 4. The van der Waals surface area contributed by atoms with Crippen molar-refractivity contribution in [3.8, 4) is 11.3 Å². The summed E-state index contributed by atoms with van der Waals surface area (Å²) in [7, 11) is 0. The zero-order valence-electron chi connectivity index (χ0n) is 23.7. The van der Waals surface area contributed by atoms with E-state index in [0.29, 0.717) is 14.2 Å². The van der Waals surface area contributed by atoms with Crippen molar-refractivity contribution in [1.82, 2.24) is 19.6 Å². The Morgan fingerprint density at radius 3 is 2.57 bits per heavy atom. The number of carbonyl (C=O) groups excluding carboxylic acids is 2. The van der Waals surface area contributed by atoms with E-state index >= 15 is 0 Å². The van der Waals surface area contributed by atoms with Gasteiger partial charge in [0, 0.05) is 0 Å². The Hall–Kier alpha value is -2.31. The van der Waals surface area contributed by atoms with Crippen molar-refractivity contribution in [2.24, 2.45) is 11.1 Å². The van der Waals surface area contributed by atoms with Crippen molar-refractivity contribution in [3.63, 3.8) is 0 Å². The second-order valence-corrected chi connectivity index (χ2v) is 23.0. The third-order valence-electron chi connectivity index (χ3n) is 7.79. The fraction of sp³-hybridized carbons (Fsp3) is 0.464. The van der Waals surface area contributed by atoms with Gasteiger partial charge in [-0.2, -0.15) is 0 Å². The molecule has 224 valence electrons. The first-order valence-electron chi connectivity index (χ1n) is 13.3. The molecule has 1 spiro atoms. The maximum absolute atomic E-state index is 13.4. The molecule has 42 heavy (non-hydrogen) atoms. The predicted molar refractivity (Wildman–Crippen MR) is 165 cm³/mol. The number of rotatable bonds is 6. The first-order valence-corrected chi connectivity index (χ1v) is 21.2. The van der Waals surface area contributed by atoms with E-state index in [9.17, 15) is 22.8 Å². The van der Waals surface area contributed by atoms with E-state index in [4.69, 9.17) is 16.2 Å². The second-order valence-electron chi connectivity index (χ2n) is 12.3. The molecule has 1 unspecified atom stereocenters. The average Bonchev–Trinajstić information content (AvgIpc) is 3.53. The van der Waals surface area contributed by atoms with Gasteiger partial charge in [-0.3, -0.25) is 0 Å². The van der Waals surface area contributed by atoms with Gasteiger partial charge in [0.25, 0.3) is 0 Å². The Morgan fingerprint density at radius 2 is 1.95 bits per heavy atom. The summed E-state index contributed by atoms with van der Waals surface area (Å²) in [6.07, 6.45) is 1.13. The van der Waals surface area contributed by atoms with Gasteiger partial charge >= 0.3 is 263 Å². The van der Waals surface area contributed by atoms with Gasteiger partial charge in [0.15, 0.2) is 0 Å². The van der Waals surface area contributed by atoms with Gasteiger partial charge in [-0.15, -0.1) is 0 Å². The average molecular weight is 890 g/mol. The number of nitrogens with zero attached hydrogens (tertiary/aromatic N) is 4. The predicted octanol–water partition coefficient (Wildman–Crippen LogP) is 4.42. The van der Waals surface area contributed by atoms with E-state index < -0.39 is 41.2 Å². The number of primary amides is 1. The standard InChI is InChI=1S/C28H33F3IN6O3.Tl/c1-26(2,3)41-25(40)32(4)9-8-27(16-32)11-20(12-27)38-23(33)21(24(34)39)22(36-38)18-13-35-37(15-18)14-17-6-5-7-19(10-17)28(29,30)31;/h5-6,10,13,15,20H,4,8-9,11-12,14,16,33H2,1-3H3,(H2,34,39);. The maximum atomic E-state index is 13.4. The van der Waals surface area contributed by atoms with Crippen molar-refractivity contribution in [3.05, 3.63) is 47.3 Å². The fourth-order valence-corrected chi connectivity index (χ4v) is 15.7. The van der Waals surface area contributed by atoms with E-state index in [0.717, 1.165) is 34.2 Å². The molecular formula is C28H33F3IN6O3Tl. The van der Waals surface area contributed by atoms with Crippen LogP contribution in [-0.4, -0.2) is 74.2 Å². The van der Waals surface area contributed by atoms with Crippen molar-refractivity contribution < 1.29 is 27.5 Å². The molecule has 0 radical (unpaired) electrons. The number of nitrogens with two attached hydrogens (primary N) is 2. The Labute approximate surface area is 261 Å². The van der Waals surface area contributed by atoms with Crippen molar-refractivity contribution in [1.29, 1.82) is 0 Å². The number of benzene rings is 1. The number of anilines is 1. The minimum absolute atomic E-state index is 0.0113. The van der Waals surface area contributed by atoms with Crippen LogP contribution in [-0.2, 0) is 17.5 Å². The molecule has 1 atom stereocenters. The quantitative estimate of drug-likeness (QED) is 0.163. The second kappa shape index (κ2) is 10.7. The van der Waals surface area contributed by atoms with Crippen LogP contribution in [0.25, 0.3) is 11.3 Å². The van der Waals surface area contributed by atoms with Crippen LogP contribution in [0.3, 0.4) is 0 Å². The summed E-state index contributed by atoms with van der Waals surface area (Å²) in [5, 5.41) is 8.97. The molecular weight excluding hydrogens is 857 g/mol. The molecule has 2 aliphatic rings. The Bertz CT molecular complexity index is 1620. The summed E-state index contributed by atoms with van der Waals surface area (Å²) in [5.41, 5.74) is 12.2. The van der Waals surface area contributed by atoms with Crippen molar-refractivity contribution >= 4 is 67.1 Å². The molecule has 1 aliphatic heterocycles. The first-order chi connectivity index (χ1) is 19.4.